The summed E-state index contributed by atoms with van der Waals surface area (Å²) in [5.74, 6) is -0.0763. The van der Waals surface area contributed by atoms with Gasteiger partial charge in [0.1, 0.15) is 6.10 Å². The number of ether oxygens (including phenoxy) is 1. The topological polar surface area (TPSA) is 29.5 Å². The summed E-state index contributed by atoms with van der Waals surface area (Å²) in [6.45, 7) is 8.43. The molecule has 0 aromatic heterocycles. The van der Waals surface area contributed by atoms with Crippen LogP contribution in [-0.2, 0) is 9.53 Å². The highest BCUT2D eigenvalue weighted by Gasteiger charge is 2.37. The predicted molar refractivity (Wildman–Crippen MR) is 67.7 cm³/mol. The second-order valence-corrected chi connectivity index (χ2v) is 5.18. The summed E-state index contributed by atoms with van der Waals surface area (Å²) in [5, 5.41) is 0. The second kappa shape index (κ2) is 6.94. The van der Waals surface area contributed by atoms with Crippen LogP contribution < -0.4 is 0 Å². The van der Waals surface area contributed by atoms with Crippen molar-refractivity contribution in [3.63, 3.8) is 0 Å². The van der Waals surface area contributed by atoms with Crippen LogP contribution in [0.4, 0.5) is 4.39 Å². The Morgan fingerprint density at radius 2 is 2.00 bits per heavy atom. The van der Waals surface area contributed by atoms with Gasteiger partial charge in [0.05, 0.1) is 7.18 Å². The molecule has 17 heavy (non-hydrogen) atoms. The lowest BCUT2D eigenvalue weighted by molar-refractivity contribution is -0.154. The molecule has 1 aliphatic rings. The first-order valence-electron chi connectivity index (χ1n) is 6.17. The van der Waals surface area contributed by atoms with E-state index in [-0.39, 0.29) is 17.6 Å². The third-order valence-corrected chi connectivity index (χ3v) is 3.53. The first-order chi connectivity index (χ1) is 7.86. The molecule has 1 fully saturated rings. The Balaban J connectivity index is 0.00000121. The summed E-state index contributed by atoms with van der Waals surface area (Å²) < 4.78 is 14.9. The molecule has 4 heteroatoms. The van der Waals surface area contributed by atoms with E-state index >= 15 is 0 Å². The van der Waals surface area contributed by atoms with E-state index in [9.17, 15) is 9.18 Å². The standard InChI is InChI=1S/C12H23NO2.CH3F/c1-6-11(14)15-10-7-9(2)13(5)12(3,4)8-10;1-2/h9-10H,6-8H2,1-5H3;1H3. The number of alkyl halides is 1. The molecular weight excluding hydrogens is 221 g/mol. The minimum atomic E-state index is -0.0763. The van der Waals surface area contributed by atoms with Gasteiger partial charge in [-0.15, -0.1) is 0 Å². The van der Waals surface area contributed by atoms with Crippen molar-refractivity contribution in [2.45, 2.75) is 64.6 Å². The summed E-state index contributed by atoms with van der Waals surface area (Å²) in [6, 6.07) is 0.475. The molecule has 0 saturated carbocycles. The van der Waals surface area contributed by atoms with E-state index in [0.717, 1.165) is 12.8 Å². The molecule has 0 bridgehead atoms. The van der Waals surface area contributed by atoms with Crippen LogP contribution in [-0.4, -0.2) is 42.8 Å². The maximum atomic E-state index is 11.2. The van der Waals surface area contributed by atoms with Crippen molar-refractivity contribution in [3.05, 3.63) is 0 Å². The van der Waals surface area contributed by atoms with Crippen molar-refractivity contribution in [3.8, 4) is 0 Å². The van der Waals surface area contributed by atoms with Gasteiger partial charge in [-0.25, -0.2) is 0 Å². The molecule has 1 heterocycles. The number of esters is 1. The predicted octanol–water partition coefficient (Wildman–Crippen LogP) is 2.79. The first kappa shape index (κ1) is 16.4. The molecule has 0 aliphatic carbocycles. The number of hydrogen-bond acceptors (Lipinski definition) is 3. The molecule has 0 spiro atoms. The Kier molecular flexibility index (Phi) is 6.68. The molecule has 3 nitrogen and oxygen atoms in total. The number of piperidine rings is 1. The highest BCUT2D eigenvalue weighted by atomic mass is 19.1. The zero-order chi connectivity index (χ0) is 13.6. The van der Waals surface area contributed by atoms with Crippen LogP contribution in [0.5, 0.6) is 0 Å². The fraction of sp³-hybridized carbons (Fsp3) is 0.923. The third-order valence-electron chi connectivity index (χ3n) is 3.53. The Labute approximate surface area is 104 Å². The minimum Gasteiger partial charge on any atom is -0.462 e. The number of nitrogens with zero attached hydrogens (tertiary/aromatic N) is 1. The zero-order valence-corrected chi connectivity index (χ0v) is 11.9. The van der Waals surface area contributed by atoms with Crippen molar-refractivity contribution >= 4 is 5.97 Å². The number of carbonyl (C=O) groups excluding carboxylic acids is 1. The lowest BCUT2D eigenvalue weighted by Crippen LogP contribution is -2.54. The molecule has 2 unspecified atom stereocenters. The van der Waals surface area contributed by atoms with E-state index in [2.05, 4.69) is 32.7 Å². The van der Waals surface area contributed by atoms with Crippen molar-refractivity contribution < 1.29 is 13.9 Å². The van der Waals surface area contributed by atoms with Gasteiger partial charge in [-0.1, -0.05) is 6.92 Å². The molecule has 102 valence electrons. The Morgan fingerprint density at radius 3 is 2.41 bits per heavy atom. The monoisotopic (exact) mass is 247 g/mol. The van der Waals surface area contributed by atoms with Crippen LogP contribution in [0.25, 0.3) is 0 Å². The van der Waals surface area contributed by atoms with Crippen LogP contribution in [0, 0.1) is 0 Å². The lowest BCUT2D eigenvalue weighted by atomic mass is 9.85. The van der Waals surface area contributed by atoms with Gasteiger partial charge in [0.2, 0.25) is 0 Å². The fourth-order valence-corrected chi connectivity index (χ4v) is 2.28. The molecule has 1 rings (SSSR count). The molecule has 1 saturated heterocycles. The third kappa shape index (κ3) is 4.62. The van der Waals surface area contributed by atoms with Crippen molar-refractivity contribution in [1.82, 2.24) is 4.90 Å². The normalized spacial score (nSPS) is 27.9. The Morgan fingerprint density at radius 1 is 1.47 bits per heavy atom. The van der Waals surface area contributed by atoms with E-state index in [1.807, 2.05) is 6.92 Å². The number of hydrogen-bond donors (Lipinski definition) is 0. The van der Waals surface area contributed by atoms with E-state index in [4.69, 9.17) is 4.74 Å². The van der Waals surface area contributed by atoms with Gasteiger partial charge < -0.3 is 4.74 Å². The van der Waals surface area contributed by atoms with Gasteiger partial charge >= 0.3 is 5.97 Å². The average Bonchev–Trinajstić information content (AvgIpc) is 2.28. The summed E-state index contributed by atoms with van der Waals surface area (Å²) in [6.07, 6.45) is 2.45. The van der Waals surface area contributed by atoms with E-state index < -0.39 is 0 Å². The number of likely N-dealkylation sites (tertiary alicyclic amines) is 1. The van der Waals surface area contributed by atoms with E-state index in [1.165, 1.54) is 0 Å². The maximum absolute atomic E-state index is 11.2. The average molecular weight is 247 g/mol. The van der Waals surface area contributed by atoms with Crippen LogP contribution in [0.2, 0.25) is 0 Å². The quantitative estimate of drug-likeness (QED) is 0.703. The highest BCUT2D eigenvalue weighted by molar-refractivity contribution is 5.69. The molecule has 0 radical (unpaired) electrons. The molecular formula is C13H26FNO2. The molecule has 0 aromatic carbocycles. The largest absolute Gasteiger partial charge is 0.462 e. The maximum Gasteiger partial charge on any atom is 0.305 e. The number of halogens is 1. The fourth-order valence-electron chi connectivity index (χ4n) is 2.28. The summed E-state index contributed by atoms with van der Waals surface area (Å²) in [4.78, 5) is 13.6. The summed E-state index contributed by atoms with van der Waals surface area (Å²) in [5.41, 5.74) is 0.121. The van der Waals surface area contributed by atoms with Gasteiger partial charge in [-0.05, 0) is 34.2 Å². The molecule has 2 atom stereocenters. The zero-order valence-electron chi connectivity index (χ0n) is 11.9. The van der Waals surface area contributed by atoms with Crippen molar-refractivity contribution in [1.29, 1.82) is 0 Å². The van der Waals surface area contributed by atoms with Gasteiger partial charge in [0.15, 0.2) is 0 Å². The molecule has 0 aromatic rings. The van der Waals surface area contributed by atoms with Crippen LogP contribution in [0.1, 0.15) is 47.0 Å². The van der Waals surface area contributed by atoms with Gasteiger partial charge in [-0.3, -0.25) is 14.1 Å². The Bertz CT molecular complexity index is 244. The van der Waals surface area contributed by atoms with Crippen molar-refractivity contribution in [2.75, 3.05) is 14.2 Å². The highest BCUT2D eigenvalue weighted by Crippen LogP contribution is 2.31. The van der Waals surface area contributed by atoms with Gasteiger partial charge in [-0.2, -0.15) is 0 Å². The summed E-state index contributed by atoms with van der Waals surface area (Å²) in [7, 11) is 2.64. The lowest BCUT2D eigenvalue weighted by Gasteiger charge is -2.47. The number of rotatable bonds is 2. The van der Waals surface area contributed by atoms with Crippen LogP contribution >= 0.6 is 0 Å². The van der Waals surface area contributed by atoms with E-state index in [0.29, 0.717) is 19.6 Å². The first-order valence-corrected chi connectivity index (χ1v) is 6.17. The van der Waals surface area contributed by atoms with E-state index in [1.54, 1.807) is 0 Å². The Hall–Kier alpha value is -0.640. The minimum absolute atomic E-state index is 0.0763. The summed E-state index contributed by atoms with van der Waals surface area (Å²) >= 11 is 0. The van der Waals surface area contributed by atoms with Gasteiger partial charge in [0.25, 0.3) is 0 Å². The SMILES string of the molecule is CCC(=O)OC1CC(C)N(C)C(C)(C)C1.CF. The molecule has 1 aliphatic heterocycles. The van der Waals surface area contributed by atoms with Gasteiger partial charge in [0, 0.05) is 24.4 Å². The molecule has 0 N–H and O–H groups in total. The van der Waals surface area contributed by atoms with Crippen LogP contribution in [0.3, 0.4) is 0 Å². The molecule has 0 amide bonds. The smallest absolute Gasteiger partial charge is 0.305 e. The van der Waals surface area contributed by atoms with Crippen molar-refractivity contribution in [2.24, 2.45) is 0 Å². The number of carbonyl (C=O) groups is 1. The second-order valence-electron chi connectivity index (χ2n) is 5.18. The van der Waals surface area contributed by atoms with Crippen LogP contribution in [0.15, 0.2) is 0 Å².